The number of nitrogens with zero attached hydrogens (tertiary/aromatic N) is 1. The standard InChI is InChI=1S/C15H15F2N3S/c1-9-10(7-8-19-14(9)20-15(18)21)5-6-11-12(16)3-2-4-13(11)17/h2-4,7-8H,5-6H2,1H3,(H3,18,19,20,21). The summed E-state index contributed by atoms with van der Waals surface area (Å²) in [5.74, 6) is -0.486. The molecule has 2 rings (SSSR count). The average Bonchev–Trinajstić information content (AvgIpc) is 2.41. The van der Waals surface area contributed by atoms with Crippen LogP contribution >= 0.6 is 12.2 Å². The van der Waals surface area contributed by atoms with E-state index in [0.29, 0.717) is 12.2 Å². The molecule has 0 fully saturated rings. The van der Waals surface area contributed by atoms with Crippen molar-refractivity contribution in [2.45, 2.75) is 19.8 Å². The second-order valence-electron chi connectivity index (χ2n) is 4.63. The Kier molecular flexibility index (Phi) is 4.80. The van der Waals surface area contributed by atoms with Crippen LogP contribution in [0.25, 0.3) is 0 Å². The van der Waals surface area contributed by atoms with Crippen LogP contribution in [0.3, 0.4) is 0 Å². The normalized spacial score (nSPS) is 10.4. The third-order valence-electron chi connectivity index (χ3n) is 3.26. The van der Waals surface area contributed by atoms with Gasteiger partial charge in [0.15, 0.2) is 5.11 Å². The average molecular weight is 307 g/mol. The number of pyridine rings is 1. The number of hydrogen-bond acceptors (Lipinski definition) is 2. The van der Waals surface area contributed by atoms with E-state index in [0.717, 1.165) is 11.1 Å². The molecule has 3 nitrogen and oxygen atoms in total. The first-order valence-electron chi connectivity index (χ1n) is 6.43. The van der Waals surface area contributed by atoms with Crippen molar-refractivity contribution >= 4 is 23.1 Å². The van der Waals surface area contributed by atoms with Crippen LogP contribution in [0.2, 0.25) is 0 Å². The van der Waals surface area contributed by atoms with Crippen molar-refractivity contribution in [1.82, 2.24) is 4.98 Å². The van der Waals surface area contributed by atoms with Crippen molar-refractivity contribution in [2.75, 3.05) is 5.32 Å². The van der Waals surface area contributed by atoms with Gasteiger partial charge in [0, 0.05) is 11.8 Å². The van der Waals surface area contributed by atoms with E-state index in [-0.39, 0.29) is 17.1 Å². The fraction of sp³-hybridized carbons (Fsp3) is 0.200. The number of aromatic nitrogens is 1. The summed E-state index contributed by atoms with van der Waals surface area (Å²) < 4.78 is 27.2. The zero-order valence-electron chi connectivity index (χ0n) is 11.5. The molecule has 3 N–H and O–H groups in total. The Morgan fingerprint density at radius 1 is 1.24 bits per heavy atom. The van der Waals surface area contributed by atoms with Gasteiger partial charge in [-0.2, -0.15) is 0 Å². The lowest BCUT2D eigenvalue weighted by Gasteiger charge is -2.11. The minimum absolute atomic E-state index is 0.0950. The molecule has 1 aromatic heterocycles. The molecular weight excluding hydrogens is 292 g/mol. The summed E-state index contributed by atoms with van der Waals surface area (Å²) in [6.45, 7) is 1.86. The van der Waals surface area contributed by atoms with Gasteiger partial charge >= 0.3 is 0 Å². The minimum Gasteiger partial charge on any atom is -0.376 e. The number of thiocarbonyl (C=S) groups is 1. The molecule has 0 saturated heterocycles. The molecule has 0 spiro atoms. The highest BCUT2D eigenvalue weighted by molar-refractivity contribution is 7.80. The third-order valence-corrected chi connectivity index (χ3v) is 3.37. The molecular formula is C15H15F2N3S. The van der Waals surface area contributed by atoms with Crippen molar-refractivity contribution in [1.29, 1.82) is 0 Å². The summed E-state index contributed by atoms with van der Waals surface area (Å²) in [4.78, 5) is 4.14. The second-order valence-corrected chi connectivity index (χ2v) is 5.07. The number of rotatable bonds is 4. The Labute approximate surface area is 127 Å². The summed E-state index contributed by atoms with van der Waals surface area (Å²) in [6, 6.07) is 5.70. The highest BCUT2D eigenvalue weighted by atomic mass is 32.1. The first-order valence-corrected chi connectivity index (χ1v) is 6.83. The summed E-state index contributed by atoms with van der Waals surface area (Å²) in [5, 5.41) is 2.91. The van der Waals surface area contributed by atoms with E-state index in [1.807, 2.05) is 13.0 Å². The lowest BCUT2D eigenvalue weighted by atomic mass is 10.0. The zero-order valence-corrected chi connectivity index (χ0v) is 12.3. The van der Waals surface area contributed by atoms with Gasteiger partial charge in [-0.05, 0) is 61.3 Å². The van der Waals surface area contributed by atoms with Crippen molar-refractivity contribution in [3.05, 3.63) is 58.8 Å². The number of nitrogens with one attached hydrogen (secondary N) is 1. The van der Waals surface area contributed by atoms with Crippen LogP contribution in [-0.2, 0) is 12.8 Å². The Hall–Kier alpha value is -2.08. The fourth-order valence-corrected chi connectivity index (χ4v) is 2.22. The van der Waals surface area contributed by atoms with E-state index in [9.17, 15) is 8.78 Å². The summed E-state index contributed by atoms with van der Waals surface area (Å²) in [6.07, 6.45) is 2.38. The molecule has 0 amide bonds. The van der Waals surface area contributed by atoms with Crippen LogP contribution in [0.5, 0.6) is 0 Å². The molecule has 21 heavy (non-hydrogen) atoms. The van der Waals surface area contributed by atoms with E-state index in [4.69, 9.17) is 18.0 Å². The molecule has 6 heteroatoms. The van der Waals surface area contributed by atoms with Crippen LogP contribution in [0.1, 0.15) is 16.7 Å². The van der Waals surface area contributed by atoms with E-state index in [1.54, 1.807) is 6.20 Å². The van der Waals surface area contributed by atoms with Crippen LogP contribution in [0.4, 0.5) is 14.6 Å². The largest absolute Gasteiger partial charge is 0.376 e. The number of benzene rings is 1. The number of anilines is 1. The fourth-order valence-electron chi connectivity index (χ4n) is 2.12. The Morgan fingerprint density at radius 2 is 1.90 bits per heavy atom. The molecule has 0 unspecified atom stereocenters. The summed E-state index contributed by atoms with van der Waals surface area (Å²) >= 11 is 4.78. The quantitative estimate of drug-likeness (QED) is 0.852. The molecule has 0 radical (unpaired) electrons. The first kappa shape index (κ1) is 15.3. The van der Waals surface area contributed by atoms with Crippen LogP contribution < -0.4 is 11.1 Å². The lowest BCUT2D eigenvalue weighted by molar-refractivity contribution is 0.554. The van der Waals surface area contributed by atoms with Gasteiger partial charge in [-0.3, -0.25) is 0 Å². The third kappa shape index (κ3) is 3.72. The highest BCUT2D eigenvalue weighted by Crippen LogP contribution is 2.20. The number of hydrogen-bond donors (Lipinski definition) is 2. The lowest BCUT2D eigenvalue weighted by Crippen LogP contribution is -2.20. The van der Waals surface area contributed by atoms with E-state index in [1.165, 1.54) is 18.2 Å². The predicted octanol–water partition coefficient (Wildman–Crippen LogP) is 3.11. The Balaban J connectivity index is 2.19. The van der Waals surface area contributed by atoms with Crippen LogP contribution in [0, 0.1) is 18.6 Å². The zero-order chi connectivity index (χ0) is 15.4. The predicted molar refractivity (Wildman–Crippen MR) is 83.1 cm³/mol. The first-order chi connectivity index (χ1) is 9.99. The number of nitrogens with two attached hydrogens (primary N) is 1. The van der Waals surface area contributed by atoms with Gasteiger partial charge in [0.2, 0.25) is 0 Å². The Bertz CT molecular complexity index is 654. The van der Waals surface area contributed by atoms with E-state index in [2.05, 4.69) is 10.3 Å². The van der Waals surface area contributed by atoms with Crippen LogP contribution in [-0.4, -0.2) is 10.1 Å². The van der Waals surface area contributed by atoms with Gasteiger partial charge in [-0.1, -0.05) is 6.07 Å². The molecule has 1 heterocycles. The smallest absolute Gasteiger partial charge is 0.169 e. The maximum Gasteiger partial charge on any atom is 0.169 e. The second kappa shape index (κ2) is 6.58. The van der Waals surface area contributed by atoms with Gasteiger partial charge in [-0.25, -0.2) is 13.8 Å². The number of aryl methyl sites for hydroxylation is 1. The van der Waals surface area contributed by atoms with E-state index >= 15 is 0 Å². The van der Waals surface area contributed by atoms with Crippen molar-refractivity contribution in [2.24, 2.45) is 5.73 Å². The van der Waals surface area contributed by atoms with Crippen LogP contribution in [0.15, 0.2) is 30.5 Å². The Morgan fingerprint density at radius 3 is 2.52 bits per heavy atom. The van der Waals surface area contributed by atoms with Crippen molar-refractivity contribution in [3.8, 4) is 0 Å². The highest BCUT2D eigenvalue weighted by Gasteiger charge is 2.11. The molecule has 0 atom stereocenters. The molecule has 0 aliphatic heterocycles. The SMILES string of the molecule is Cc1c(CCc2c(F)cccc2F)ccnc1NC(N)=S. The molecule has 0 aliphatic rings. The molecule has 2 aromatic rings. The maximum atomic E-state index is 13.6. The molecule has 0 aliphatic carbocycles. The summed E-state index contributed by atoms with van der Waals surface area (Å²) in [5.41, 5.74) is 7.32. The topological polar surface area (TPSA) is 50.9 Å². The van der Waals surface area contributed by atoms with Gasteiger partial charge in [0.05, 0.1) is 0 Å². The molecule has 0 bridgehead atoms. The van der Waals surface area contributed by atoms with E-state index < -0.39 is 11.6 Å². The molecule has 110 valence electrons. The molecule has 0 saturated carbocycles. The minimum atomic E-state index is -0.525. The van der Waals surface area contributed by atoms with Gasteiger partial charge < -0.3 is 11.1 Å². The van der Waals surface area contributed by atoms with Crippen molar-refractivity contribution < 1.29 is 8.78 Å². The number of halogens is 2. The van der Waals surface area contributed by atoms with Gasteiger partial charge in [0.1, 0.15) is 17.5 Å². The molecule has 1 aromatic carbocycles. The van der Waals surface area contributed by atoms with Gasteiger partial charge in [-0.15, -0.1) is 0 Å². The summed E-state index contributed by atoms with van der Waals surface area (Å²) in [7, 11) is 0. The maximum absolute atomic E-state index is 13.6. The monoisotopic (exact) mass is 307 g/mol. The van der Waals surface area contributed by atoms with Crippen molar-refractivity contribution in [3.63, 3.8) is 0 Å². The van der Waals surface area contributed by atoms with Gasteiger partial charge in [0.25, 0.3) is 0 Å².